The van der Waals surface area contributed by atoms with E-state index in [9.17, 15) is 4.79 Å². The summed E-state index contributed by atoms with van der Waals surface area (Å²) in [6.07, 6.45) is 7.41. The van der Waals surface area contributed by atoms with Gasteiger partial charge < -0.3 is 10.4 Å². The van der Waals surface area contributed by atoms with E-state index in [-0.39, 0.29) is 0 Å². The highest BCUT2D eigenvalue weighted by Crippen LogP contribution is 2.22. The molecule has 0 spiro atoms. The lowest BCUT2D eigenvalue weighted by Gasteiger charge is -2.21. The third-order valence-corrected chi connectivity index (χ3v) is 3.03. The molecule has 1 atom stereocenters. The van der Waals surface area contributed by atoms with Gasteiger partial charge >= 0.3 is 5.97 Å². The summed E-state index contributed by atoms with van der Waals surface area (Å²) in [5.74, 6) is -0.873. The number of allylic oxidation sites excluding steroid dienone is 1. The molecule has 17 heavy (non-hydrogen) atoms. The van der Waals surface area contributed by atoms with Crippen molar-refractivity contribution < 1.29 is 9.90 Å². The Kier molecular flexibility index (Phi) is 3.47. The Labute approximate surface area is 101 Å². The van der Waals surface area contributed by atoms with Crippen LogP contribution in [0.15, 0.2) is 30.4 Å². The number of carbonyl (C=O) groups is 1. The number of hydrogen-bond acceptors (Lipinski definition) is 2. The van der Waals surface area contributed by atoms with Gasteiger partial charge in [0.25, 0.3) is 0 Å². The molecule has 2 N–H and O–H groups in total. The van der Waals surface area contributed by atoms with E-state index in [1.165, 1.54) is 0 Å². The number of nitrogens with one attached hydrogen (secondary N) is 1. The van der Waals surface area contributed by atoms with Crippen LogP contribution in [-0.2, 0) is 0 Å². The first-order valence-corrected chi connectivity index (χ1v) is 5.92. The number of carboxylic acid groups (broad SMARTS) is 1. The number of anilines is 1. The quantitative estimate of drug-likeness (QED) is 0.785. The lowest BCUT2D eigenvalue weighted by atomic mass is 10.0. The van der Waals surface area contributed by atoms with Gasteiger partial charge in [0.2, 0.25) is 0 Å². The van der Waals surface area contributed by atoms with Crippen molar-refractivity contribution in [1.82, 2.24) is 0 Å². The summed E-state index contributed by atoms with van der Waals surface area (Å²) in [6, 6.07) is 5.86. The van der Waals surface area contributed by atoms with Gasteiger partial charge in [0, 0.05) is 11.7 Å². The fourth-order valence-corrected chi connectivity index (χ4v) is 2.11. The minimum atomic E-state index is -0.873. The van der Waals surface area contributed by atoms with Gasteiger partial charge in [-0.15, -0.1) is 0 Å². The standard InChI is InChI=1S/C14H17NO2/c1-10-7-8-13(12(9-10)14(16)17)15-11-5-3-2-4-6-11/h2-3,7-9,11,15H,4-6H2,1H3,(H,16,17). The molecule has 1 aliphatic rings. The van der Waals surface area contributed by atoms with E-state index in [0.29, 0.717) is 11.6 Å². The molecule has 0 aromatic heterocycles. The number of benzene rings is 1. The molecule has 0 saturated heterocycles. The largest absolute Gasteiger partial charge is 0.478 e. The van der Waals surface area contributed by atoms with E-state index in [1.807, 2.05) is 19.1 Å². The Morgan fingerprint density at radius 2 is 2.24 bits per heavy atom. The molecular formula is C14H17NO2. The molecule has 1 aromatic rings. The number of aromatic carboxylic acids is 1. The van der Waals surface area contributed by atoms with Crippen molar-refractivity contribution in [1.29, 1.82) is 0 Å². The van der Waals surface area contributed by atoms with Gasteiger partial charge in [0.05, 0.1) is 5.56 Å². The molecule has 0 heterocycles. The van der Waals surface area contributed by atoms with Gasteiger partial charge in [-0.05, 0) is 38.3 Å². The minimum absolute atomic E-state index is 0.348. The highest BCUT2D eigenvalue weighted by atomic mass is 16.4. The van der Waals surface area contributed by atoms with Crippen molar-refractivity contribution in [2.24, 2.45) is 0 Å². The van der Waals surface area contributed by atoms with E-state index in [1.54, 1.807) is 6.07 Å². The Hall–Kier alpha value is -1.77. The first-order valence-electron chi connectivity index (χ1n) is 5.92. The zero-order chi connectivity index (χ0) is 12.3. The van der Waals surface area contributed by atoms with Crippen LogP contribution in [0.4, 0.5) is 5.69 Å². The molecule has 3 nitrogen and oxygen atoms in total. The van der Waals surface area contributed by atoms with Gasteiger partial charge in [0.1, 0.15) is 0 Å². The SMILES string of the molecule is Cc1ccc(NC2CC=CCC2)c(C(=O)O)c1. The Bertz CT molecular complexity index is 452. The monoisotopic (exact) mass is 231 g/mol. The predicted molar refractivity (Wildman–Crippen MR) is 68.5 cm³/mol. The van der Waals surface area contributed by atoms with Crippen molar-refractivity contribution in [3.8, 4) is 0 Å². The Balaban J connectivity index is 2.19. The van der Waals surface area contributed by atoms with Crippen molar-refractivity contribution >= 4 is 11.7 Å². The zero-order valence-corrected chi connectivity index (χ0v) is 9.94. The van der Waals surface area contributed by atoms with E-state index in [0.717, 1.165) is 30.5 Å². The topological polar surface area (TPSA) is 49.3 Å². The molecule has 0 aliphatic heterocycles. The highest BCUT2D eigenvalue weighted by Gasteiger charge is 2.14. The molecule has 0 amide bonds. The molecular weight excluding hydrogens is 214 g/mol. The molecule has 0 fully saturated rings. The molecule has 0 radical (unpaired) electrons. The van der Waals surface area contributed by atoms with Crippen LogP contribution in [0.1, 0.15) is 35.2 Å². The maximum Gasteiger partial charge on any atom is 0.337 e. The molecule has 1 aliphatic carbocycles. The molecule has 3 heteroatoms. The summed E-state index contributed by atoms with van der Waals surface area (Å²) in [5, 5.41) is 12.5. The normalized spacial score (nSPS) is 19.0. The first-order chi connectivity index (χ1) is 8.16. The Morgan fingerprint density at radius 3 is 2.88 bits per heavy atom. The molecule has 90 valence electrons. The molecule has 0 bridgehead atoms. The lowest BCUT2D eigenvalue weighted by molar-refractivity contribution is 0.0698. The van der Waals surface area contributed by atoms with Crippen LogP contribution < -0.4 is 5.32 Å². The predicted octanol–water partition coefficient (Wildman–Crippen LogP) is 3.21. The maximum atomic E-state index is 11.2. The average Bonchev–Trinajstić information content (AvgIpc) is 2.32. The second-order valence-corrected chi connectivity index (χ2v) is 4.48. The van der Waals surface area contributed by atoms with Crippen molar-refractivity contribution in [2.45, 2.75) is 32.2 Å². The van der Waals surface area contributed by atoms with Crippen LogP contribution in [0.25, 0.3) is 0 Å². The van der Waals surface area contributed by atoms with Gasteiger partial charge in [-0.3, -0.25) is 0 Å². The Morgan fingerprint density at radius 1 is 1.41 bits per heavy atom. The van der Waals surface area contributed by atoms with E-state index in [4.69, 9.17) is 5.11 Å². The molecule has 0 saturated carbocycles. The van der Waals surface area contributed by atoms with E-state index >= 15 is 0 Å². The van der Waals surface area contributed by atoms with Gasteiger partial charge in [-0.1, -0.05) is 23.8 Å². The number of carboxylic acids is 1. The fraction of sp³-hybridized carbons (Fsp3) is 0.357. The third-order valence-electron chi connectivity index (χ3n) is 3.03. The smallest absolute Gasteiger partial charge is 0.337 e. The van der Waals surface area contributed by atoms with Crippen molar-refractivity contribution in [3.05, 3.63) is 41.5 Å². The minimum Gasteiger partial charge on any atom is -0.478 e. The van der Waals surface area contributed by atoms with Crippen LogP contribution in [0.3, 0.4) is 0 Å². The van der Waals surface area contributed by atoms with Gasteiger partial charge in [0.15, 0.2) is 0 Å². The van der Waals surface area contributed by atoms with Crippen molar-refractivity contribution in [2.75, 3.05) is 5.32 Å². The lowest BCUT2D eigenvalue weighted by Crippen LogP contribution is -2.21. The third kappa shape index (κ3) is 2.87. The summed E-state index contributed by atoms with van der Waals surface area (Å²) < 4.78 is 0. The highest BCUT2D eigenvalue weighted by molar-refractivity contribution is 5.94. The average molecular weight is 231 g/mol. The molecule has 1 aromatic carbocycles. The fourth-order valence-electron chi connectivity index (χ4n) is 2.11. The number of hydrogen-bond donors (Lipinski definition) is 2. The van der Waals surface area contributed by atoms with Gasteiger partial charge in [-0.2, -0.15) is 0 Å². The van der Waals surface area contributed by atoms with E-state index < -0.39 is 5.97 Å². The van der Waals surface area contributed by atoms with Gasteiger partial charge in [-0.25, -0.2) is 4.79 Å². The van der Waals surface area contributed by atoms with Crippen LogP contribution in [0.2, 0.25) is 0 Å². The number of rotatable bonds is 3. The van der Waals surface area contributed by atoms with Crippen LogP contribution >= 0.6 is 0 Å². The zero-order valence-electron chi connectivity index (χ0n) is 9.94. The van der Waals surface area contributed by atoms with Crippen molar-refractivity contribution in [3.63, 3.8) is 0 Å². The summed E-state index contributed by atoms with van der Waals surface area (Å²) in [5.41, 5.74) is 2.06. The number of aryl methyl sites for hydroxylation is 1. The van der Waals surface area contributed by atoms with Crippen LogP contribution in [0, 0.1) is 6.92 Å². The second kappa shape index (κ2) is 5.04. The van der Waals surface area contributed by atoms with Crippen LogP contribution in [-0.4, -0.2) is 17.1 Å². The summed E-state index contributed by atoms with van der Waals surface area (Å²) in [4.78, 5) is 11.2. The first kappa shape index (κ1) is 11.7. The van der Waals surface area contributed by atoms with Crippen LogP contribution in [0.5, 0.6) is 0 Å². The molecule has 1 unspecified atom stereocenters. The maximum absolute atomic E-state index is 11.2. The summed E-state index contributed by atoms with van der Waals surface area (Å²) >= 11 is 0. The summed E-state index contributed by atoms with van der Waals surface area (Å²) in [7, 11) is 0. The van der Waals surface area contributed by atoms with E-state index in [2.05, 4.69) is 17.5 Å². The molecule has 2 rings (SSSR count). The summed E-state index contributed by atoms with van der Waals surface area (Å²) in [6.45, 7) is 1.90. The second-order valence-electron chi connectivity index (χ2n) is 4.48.